The van der Waals surface area contributed by atoms with E-state index >= 15 is 0 Å². The first kappa shape index (κ1) is 12.2. The molecule has 0 saturated heterocycles. The molecule has 1 aliphatic heterocycles. The molecule has 2 aromatic rings. The fourth-order valence-corrected chi connectivity index (χ4v) is 3.16. The fourth-order valence-electron chi connectivity index (χ4n) is 2.29. The van der Waals surface area contributed by atoms with E-state index in [4.69, 9.17) is 9.47 Å². The van der Waals surface area contributed by atoms with E-state index in [1.807, 2.05) is 18.2 Å². The molecule has 0 radical (unpaired) electrons. The third-order valence-electron chi connectivity index (χ3n) is 3.23. The van der Waals surface area contributed by atoms with E-state index in [0.29, 0.717) is 0 Å². The first-order chi connectivity index (χ1) is 9.31. The van der Waals surface area contributed by atoms with Gasteiger partial charge in [0.15, 0.2) is 0 Å². The van der Waals surface area contributed by atoms with Crippen LogP contribution in [0.2, 0.25) is 0 Å². The Morgan fingerprint density at radius 1 is 1.11 bits per heavy atom. The fraction of sp³-hybridized carbons (Fsp3) is 0.267. The molecule has 98 valence electrons. The minimum absolute atomic E-state index is 0.791. The second-order valence-corrected chi connectivity index (χ2v) is 5.34. The Hall–Kier alpha value is -1.81. The van der Waals surface area contributed by atoms with E-state index < -0.39 is 0 Å². The third-order valence-corrected chi connectivity index (χ3v) is 4.21. The standard InChI is InChI=1S/C15H15NO2S/c1-17-11-7-10(8-12(9-11)18-2)15-13-4-6-19-14(13)3-5-16-15/h4,6-9H,3,5H2,1-2H3. The van der Waals surface area contributed by atoms with Gasteiger partial charge in [0.25, 0.3) is 0 Å². The van der Waals surface area contributed by atoms with Crippen molar-refractivity contribution < 1.29 is 9.47 Å². The zero-order valence-corrected chi connectivity index (χ0v) is 11.8. The molecule has 1 aromatic heterocycles. The van der Waals surface area contributed by atoms with Gasteiger partial charge < -0.3 is 9.47 Å². The molecule has 19 heavy (non-hydrogen) atoms. The maximum Gasteiger partial charge on any atom is 0.123 e. The van der Waals surface area contributed by atoms with Crippen molar-refractivity contribution in [2.24, 2.45) is 4.99 Å². The molecule has 0 amide bonds. The van der Waals surface area contributed by atoms with Gasteiger partial charge in [-0.05, 0) is 23.6 Å². The number of fused-ring (bicyclic) bond motifs is 1. The summed E-state index contributed by atoms with van der Waals surface area (Å²) in [4.78, 5) is 6.09. The SMILES string of the molecule is COc1cc(OC)cc(C2=NCCc3sccc32)c1. The van der Waals surface area contributed by atoms with Crippen molar-refractivity contribution in [1.29, 1.82) is 0 Å². The van der Waals surface area contributed by atoms with Gasteiger partial charge >= 0.3 is 0 Å². The minimum Gasteiger partial charge on any atom is -0.497 e. The van der Waals surface area contributed by atoms with Gasteiger partial charge in [0.05, 0.1) is 19.9 Å². The number of rotatable bonds is 3. The lowest BCUT2D eigenvalue weighted by atomic mass is 9.99. The summed E-state index contributed by atoms with van der Waals surface area (Å²) in [6.45, 7) is 0.850. The highest BCUT2D eigenvalue weighted by Crippen LogP contribution is 2.29. The van der Waals surface area contributed by atoms with Crippen LogP contribution in [-0.4, -0.2) is 26.5 Å². The summed E-state index contributed by atoms with van der Waals surface area (Å²) in [5.41, 5.74) is 3.34. The molecule has 4 heteroatoms. The van der Waals surface area contributed by atoms with Gasteiger partial charge in [0, 0.05) is 35.0 Å². The van der Waals surface area contributed by atoms with E-state index in [0.717, 1.165) is 35.7 Å². The van der Waals surface area contributed by atoms with Crippen LogP contribution in [0.15, 0.2) is 34.6 Å². The Labute approximate surface area is 116 Å². The average molecular weight is 273 g/mol. The van der Waals surface area contributed by atoms with Crippen molar-refractivity contribution in [3.8, 4) is 11.5 Å². The molecule has 0 spiro atoms. The molecular formula is C15H15NO2S. The van der Waals surface area contributed by atoms with Crippen LogP contribution in [0.4, 0.5) is 0 Å². The van der Waals surface area contributed by atoms with Crippen LogP contribution >= 0.6 is 11.3 Å². The maximum absolute atomic E-state index is 5.33. The average Bonchev–Trinajstić information content (AvgIpc) is 2.94. The van der Waals surface area contributed by atoms with Crippen LogP contribution < -0.4 is 9.47 Å². The minimum atomic E-state index is 0.791. The molecule has 3 nitrogen and oxygen atoms in total. The van der Waals surface area contributed by atoms with E-state index in [-0.39, 0.29) is 0 Å². The predicted octanol–water partition coefficient (Wildman–Crippen LogP) is 3.16. The molecule has 1 aliphatic rings. The third kappa shape index (κ3) is 2.24. The second-order valence-electron chi connectivity index (χ2n) is 4.34. The van der Waals surface area contributed by atoms with Crippen LogP contribution in [0, 0.1) is 0 Å². The second kappa shape index (κ2) is 5.05. The normalized spacial score (nSPS) is 13.7. The van der Waals surface area contributed by atoms with Gasteiger partial charge in [0.2, 0.25) is 0 Å². The monoisotopic (exact) mass is 273 g/mol. The van der Waals surface area contributed by atoms with E-state index in [2.05, 4.69) is 16.4 Å². The Balaban J connectivity index is 2.10. The number of hydrogen-bond donors (Lipinski definition) is 0. The number of aliphatic imine (C=N–C) groups is 1. The van der Waals surface area contributed by atoms with Gasteiger partial charge in [-0.15, -0.1) is 11.3 Å². The highest BCUT2D eigenvalue weighted by molar-refractivity contribution is 7.10. The summed E-state index contributed by atoms with van der Waals surface area (Å²) in [5.74, 6) is 1.58. The van der Waals surface area contributed by atoms with Crippen molar-refractivity contribution in [2.75, 3.05) is 20.8 Å². The maximum atomic E-state index is 5.33. The van der Waals surface area contributed by atoms with E-state index in [9.17, 15) is 0 Å². The van der Waals surface area contributed by atoms with Crippen LogP contribution in [0.25, 0.3) is 0 Å². The topological polar surface area (TPSA) is 30.8 Å². The molecule has 0 fully saturated rings. The van der Waals surface area contributed by atoms with Gasteiger partial charge in [-0.3, -0.25) is 4.99 Å². The molecule has 1 aromatic carbocycles. The number of thiophene rings is 1. The van der Waals surface area contributed by atoms with Crippen LogP contribution in [0.1, 0.15) is 16.0 Å². The quantitative estimate of drug-likeness (QED) is 0.860. The molecule has 0 bridgehead atoms. The van der Waals surface area contributed by atoms with Gasteiger partial charge in [-0.1, -0.05) is 0 Å². The van der Waals surface area contributed by atoms with Crippen molar-refractivity contribution >= 4 is 17.0 Å². The summed E-state index contributed by atoms with van der Waals surface area (Å²) in [5, 5.41) is 2.13. The van der Waals surface area contributed by atoms with Crippen molar-refractivity contribution in [3.05, 3.63) is 45.6 Å². The van der Waals surface area contributed by atoms with E-state index in [1.54, 1.807) is 25.6 Å². The van der Waals surface area contributed by atoms with Gasteiger partial charge in [-0.25, -0.2) is 0 Å². The molecule has 0 atom stereocenters. The number of nitrogens with zero attached hydrogens (tertiary/aromatic N) is 1. The molecule has 2 heterocycles. The molecule has 0 saturated carbocycles. The molecule has 0 unspecified atom stereocenters. The highest BCUT2D eigenvalue weighted by Gasteiger charge is 2.18. The smallest absolute Gasteiger partial charge is 0.123 e. The van der Waals surface area contributed by atoms with E-state index in [1.165, 1.54) is 10.4 Å². The van der Waals surface area contributed by atoms with Crippen molar-refractivity contribution in [3.63, 3.8) is 0 Å². The van der Waals surface area contributed by atoms with Crippen LogP contribution in [0.3, 0.4) is 0 Å². The Morgan fingerprint density at radius 3 is 2.53 bits per heavy atom. The first-order valence-corrected chi connectivity index (χ1v) is 7.04. The Morgan fingerprint density at radius 2 is 1.84 bits per heavy atom. The first-order valence-electron chi connectivity index (χ1n) is 6.16. The van der Waals surface area contributed by atoms with Crippen molar-refractivity contribution in [2.45, 2.75) is 6.42 Å². The number of ether oxygens (including phenoxy) is 2. The lowest BCUT2D eigenvalue weighted by molar-refractivity contribution is 0.394. The summed E-state index contributed by atoms with van der Waals surface area (Å²) in [6.07, 6.45) is 1.04. The molecular weight excluding hydrogens is 258 g/mol. The lowest BCUT2D eigenvalue weighted by Gasteiger charge is -2.15. The summed E-state index contributed by atoms with van der Waals surface area (Å²) in [7, 11) is 3.33. The molecule has 0 N–H and O–H groups in total. The van der Waals surface area contributed by atoms with Gasteiger partial charge in [-0.2, -0.15) is 0 Å². The molecule has 3 rings (SSSR count). The largest absolute Gasteiger partial charge is 0.497 e. The van der Waals surface area contributed by atoms with Crippen molar-refractivity contribution in [1.82, 2.24) is 0 Å². The Bertz CT molecular complexity index is 609. The Kier molecular flexibility index (Phi) is 3.25. The van der Waals surface area contributed by atoms with Crippen LogP contribution in [-0.2, 0) is 6.42 Å². The number of benzene rings is 1. The predicted molar refractivity (Wildman–Crippen MR) is 78.1 cm³/mol. The summed E-state index contributed by atoms with van der Waals surface area (Å²) < 4.78 is 10.7. The highest BCUT2D eigenvalue weighted by atomic mass is 32.1. The zero-order chi connectivity index (χ0) is 13.2. The molecule has 0 aliphatic carbocycles. The van der Waals surface area contributed by atoms with Crippen LogP contribution in [0.5, 0.6) is 11.5 Å². The lowest BCUT2D eigenvalue weighted by Crippen LogP contribution is -2.12. The zero-order valence-electron chi connectivity index (χ0n) is 11.0. The summed E-state index contributed by atoms with van der Waals surface area (Å²) >= 11 is 1.80. The van der Waals surface area contributed by atoms with Gasteiger partial charge in [0.1, 0.15) is 11.5 Å². The number of hydrogen-bond acceptors (Lipinski definition) is 4. The summed E-state index contributed by atoms with van der Waals surface area (Å²) in [6, 6.07) is 8.04. The number of methoxy groups -OCH3 is 2.